The van der Waals surface area contributed by atoms with Gasteiger partial charge in [-0.2, -0.15) is 5.10 Å². The summed E-state index contributed by atoms with van der Waals surface area (Å²) in [7, 11) is 0. The van der Waals surface area contributed by atoms with Gasteiger partial charge in [0.05, 0.1) is 6.21 Å². The number of nitrogens with one attached hydrogen (secondary N) is 1. The van der Waals surface area contributed by atoms with Crippen LogP contribution in [0.5, 0.6) is 0 Å². The van der Waals surface area contributed by atoms with Crippen LogP contribution in [0.15, 0.2) is 59.8 Å². The molecule has 0 saturated heterocycles. The number of amides is 2. The molecule has 3 N–H and O–H groups in total. The van der Waals surface area contributed by atoms with E-state index in [0.717, 1.165) is 27.1 Å². The van der Waals surface area contributed by atoms with Crippen molar-refractivity contribution in [3.05, 3.63) is 70.9 Å². The second kappa shape index (κ2) is 6.54. The number of hydrogen-bond acceptors (Lipinski definition) is 2. The van der Waals surface area contributed by atoms with Crippen LogP contribution in [-0.2, 0) is 6.54 Å². The number of hydrogen-bond donors (Lipinski definition) is 2. The van der Waals surface area contributed by atoms with E-state index in [-0.39, 0.29) is 0 Å². The molecule has 1 heterocycles. The summed E-state index contributed by atoms with van der Waals surface area (Å²) in [5, 5.41) is 5.61. The fourth-order valence-corrected chi connectivity index (χ4v) is 2.68. The van der Waals surface area contributed by atoms with Crippen molar-refractivity contribution in [3.63, 3.8) is 0 Å². The minimum Gasteiger partial charge on any atom is -0.350 e. The summed E-state index contributed by atoms with van der Waals surface area (Å²) in [6.45, 7) is 0.650. The second-order valence-corrected chi connectivity index (χ2v) is 5.46. The Labute approximate surface area is 138 Å². The standard InChI is InChI=1S/C17H15ClN4O/c18-15-7-3-1-5-12(15)10-22-11-13(9-20-21-17(19)23)14-6-2-4-8-16(14)22/h1-9,11H,10H2,(H3,19,21,23). The summed E-state index contributed by atoms with van der Waals surface area (Å²) in [6, 6.07) is 15.0. The fourth-order valence-electron chi connectivity index (χ4n) is 2.48. The highest BCUT2D eigenvalue weighted by atomic mass is 35.5. The number of hydrazone groups is 1. The zero-order chi connectivity index (χ0) is 16.2. The van der Waals surface area contributed by atoms with Gasteiger partial charge in [0, 0.05) is 34.2 Å². The van der Waals surface area contributed by atoms with Gasteiger partial charge in [-0.1, -0.05) is 48.0 Å². The number of urea groups is 1. The molecular formula is C17H15ClN4O. The SMILES string of the molecule is NC(=O)NN=Cc1cn(Cc2ccccc2Cl)c2ccccc12. The van der Waals surface area contributed by atoms with Crippen LogP contribution in [0.1, 0.15) is 11.1 Å². The van der Waals surface area contributed by atoms with Crippen LogP contribution in [0.4, 0.5) is 4.79 Å². The molecule has 1 aromatic heterocycles. The normalized spacial score (nSPS) is 11.2. The lowest BCUT2D eigenvalue weighted by Gasteiger charge is -2.07. The molecule has 0 atom stereocenters. The molecule has 2 amide bonds. The Morgan fingerprint density at radius 1 is 1.22 bits per heavy atom. The van der Waals surface area contributed by atoms with Crippen molar-refractivity contribution in [2.24, 2.45) is 10.8 Å². The zero-order valence-electron chi connectivity index (χ0n) is 12.2. The summed E-state index contributed by atoms with van der Waals surface area (Å²) in [4.78, 5) is 10.7. The highest BCUT2D eigenvalue weighted by Crippen LogP contribution is 2.23. The third kappa shape index (κ3) is 3.35. The van der Waals surface area contributed by atoms with Crippen LogP contribution in [0, 0.1) is 0 Å². The molecule has 6 heteroatoms. The molecule has 3 rings (SSSR count). The van der Waals surface area contributed by atoms with Gasteiger partial charge in [-0.05, 0) is 17.7 Å². The molecule has 116 valence electrons. The number of carbonyl (C=O) groups is 1. The number of para-hydroxylation sites is 1. The predicted octanol–water partition coefficient (Wildman–Crippen LogP) is 3.35. The Kier molecular flexibility index (Phi) is 4.30. The smallest absolute Gasteiger partial charge is 0.332 e. The molecule has 23 heavy (non-hydrogen) atoms. The Bertz CT molecular complexity index is 885. The fraction of sp³-hybridized carbons (Fsp3) is 0.0588. The first kappa shape index (κ1) is 15.1. The predicted molar refractivity (Wildman–Crippen MR) is 92.8 cm³/mol. The molecule has 0 saturated carbocycles. The number of carbonyl (C=O) groups excluding carboxylic acids is 1. The molecule has 0 aliphatic heterocycles. The van der Waals surface area contributed by atoms with Gasteiger partial charge >= 0.3 is 6.03 Å². The minimum atomic E-state index is -0.693. The molecular weight excluding hydrogens is 312 g/mol. The van der Waals surface area contributed by atoms with Gasteiger partial charge < -0.3 is 10.3 Å². The summed E-state index contributed by atoms with van der Waals surface area (Å²) in [6.07, 6.45) is 3.55. The summed E-state index contributed by atoms with van der Waals surface area (Å²) >= 11 is 6.25. The number of benzene rings is 2. The first-order valence-corrected chi connectivity index (χ1v) is 7.43. The van der Waals surface area contributed by atoms with Crippen LogP contribution >= 0.6 is 11.6 Å². The van der Waals surface area contributed by atoms with Crippen molar-refractivity contribution in [2.45, 2.75) is 6.54 Å². The Hall–Kier alpha value is -2.79. The van der Waals surface area contributed by atoms with Gasteiger partial charge in [-0.15, -0.1) is 0 Å². The lowest BCUT2D eigenvalue weighted by molar-refractivity contribution is 0.249. The number of primary amides is 1. The van der Waals surface area contributed by atoms with Crippen LogP contribution in [0.3, 0.4) is 0 Å². The number of nitrogens with two attached hydrogens (primary N) is 1. The van der Waals surface area contributed by atoms with Crippen LogP contribution in [0.2, 0.25) is 5.02 Å². The van der Waals surface area contributed by atoms with Gasteiger partial charge in [-0.3, -0.25) is 0 Å². The lowest BCUT2D eigenvalue weighted by Crippen LogP contribution is -2.24. The van der Waals surface area contributed by atoms with Gasteiger partial charge in [0.15, 0.2) is 0 Å². The van der Waals surface area contributed by atoms with Crippen molar-refractivity contribution in [1.82, 2.24) is 9.99 Å². The molecule has 0 unspecified atom stereocenters. The topological polar surface area (TPSA) is 72.4 Å². The van der Waals surface area contributed by atoms with E-state index in [2.05, 4.69) is 15.1 Å². The summed E-state index contributed by atoms with van der Waals surface area (Å²) in [5.74, 6) is 0. The highest BCUT2D eigenvalue weighted by molar-refractivity contribution is 6.31. The number of rotatable bonds is 4. The highest BCUT2D eigenvalue weighted by Gasteiger charge is 2.08. The van der Waals surface area contributed by atoms with Crippen molar-refractivity contribution >= 4 is 34.7 Å². The monoisotopic (exact) mass is 326 g/mol. The maximum Gasteiger partial charge on any atom is 0.332 e. The Morgan fingerprint density at radius 2 is 1.96 bits per heavy atom. The van der Waals surface area contributed by atoms with Crippen molar-refractivity contribution in [1.29, 1.82) is 0 Å². The first-order chi connectivity index (χ1) is 11.1. The third-order valence-electron chi connectivity index (χ3n) is 3.50. The van der Waals surface area contributed by atoms with Gasteiger partial charge in [0.25, 0.3) is 0 Å². The van der Waals surface area contributed by atoms with E-state index in [1.54, 1.807) is 6.21 Å². The van der Waals surface area contributed by atoms with Gasteiger partial charge in [0.1, 0.15) is 0 Å². The summed E-state index contributed by atoms with van der Waals surface area (Å²) in [5.41, 5.74) is 10.2. The molecule has 0 aliphatic carbocycles. The van der Waals surface area contributed by atoms with E-state index in [9.17, 15) is 4.79 Å². The van der Waals surface area contributed by atoms with E-state index in [0.29, 0.717) is 6.54 Å². The van der Waals surface area contributed by atoms with E-state index >= 15 is 0 Å². The van der Waals surface area contributed by atoms with Crippen molar-refractivity contribution in [3.8, 4) is 0 Å². The molecule has 3 aromatic rings. The number of aromatic nitrogens is 1. The number of halogens is 1. The van der Waals surface area contributed by atoms with Crippen molar-refractivity contribution < 1.29 is 4.79 Å². The zero-order valence-corrected chi connectivity index (χ0v) is 13.0. The largest absolute Gasteiger partial charge is 0.350 e. The van der Waals surface area contributed by atoms with E-state index in [1.165, 1.54) is 0 Å². The molecule has 0 spiro atoms. The minimum absolute atomic E-state index is 0.650. The Balaban J connectivity index is 1.99. The Morgan fingerprint density at radius 3 is 2.74 bits per heavy atom. The maximum absolute atomic E-state index is 10.7. The third-order valence-corrected chi connectivity index (χ3v) is 3.87. The van der Waals surface area contributed by atoms with Gasteiger partial charge in [0.2, 0.25) is 0 Å². The van der Waals surface area contributed by atoms with Crippen LogP contribution < -0.4 is 11.2 Å². The molecule has 2 aromatic carbocycles. The van der Waals surface area contributed by atoms with E-state index in [1.807, 2.05) is 54.7 Å². The molecule has 0 bridgehead atoms. The molecule has 0 aliphatic rings. The average Bonchev–Trinajstić information content (AvgIpc) is 2.88. The lowest BCUT2D eigenvalue weighted by atomic mass is 10.2. The summed E-state index contributed by atoms with van der Waals surface area (Å²) < 4.78 is 2.10. The van der Waals surface area contributed by atoms with E-state index in [4.69, 9.17) is 17.3 Å². The maximum atomic E-state index is 10.7. The van der Waals surface area contributed by atoms with Crippen LogP contribution in [-0.4, -0.2) is 16.8 Å². The number of nitrogens with zero attached hydrogens (tertiary/aromatic N) is 2. The van der Waals surface area contributed by atoms with Crippen LogP contribution in [0.25, 0.3) is 10.9 Å². The molecule has 0 fully saturated rings. The average molecular weight is 327 g/mol. The van der Waals surface area contributed by atoms with E-state index < -0.39 is 6.03 Å². The quantitative estimate of drug-likeness (QED) is 0.560. The number of fused-ring (bicyclic) bond motifs is 1. The van der Waals surface area contributed by atoms with Crippen molar-refractivity contribution in [2.75, 3.05) is 0 Å². The van der Waals surface area contributed by atoms with Gasteiger partial charge in [-0.25, -0.2) is 10.2 Å². The molecule has 5 nitrogen and oxygen atoms in total. The second-order valence-electron chi connectivity index (χ2n) is 5.06. The molecule has 0 radical (unpaired) electrons. The first-order valence-electron chi connectivity index (χ1n) is 7.05.